The van der Waals surface area contributed by atoms with Gasteiger partial charge in [0.2, 0.25) is 5.95 Å². The average Bonchev–Trinajstić information content (AvgIpc) is 2.57. The molecule has 0 aliphatic carbocycles. The van der Waals surface area contributed by atoms with E-state index in [-0.39, 0.29) is 0 Å². The van der Waals surface area contributed by atoms with Crippen LogP contribution >= 0.6 is 11.6 Å². The van der Waals surface area contributed by atoms with Gasteiger partial charge in [-0.3, -0.25) is 0 Å². The summed E-state index contributed by atoms with van der Waals surface area (Å²) in [5.41, 5.74) is 4.12. The summed E-state index contributed by atoms with van der Waals surface area (Å²) >= 11 is 6.00. The van der Waals surface area contributed by atoms with Gasteiger partial charge < -0.3 is 10.6 Å². The maximum absolute atomic E-state index is 9.00. The molecule has 3 aromatic rings. The van der Waals surface area contributed by atoms with Gasteiger partial charge in [0.05, 0.1) is 11.6 Å². The molecular formula is C19H16ClN5. The summed E-state index contributed by atoms with van der Waals surface area (Å²) in [6.07, 6.45) is 0. The maximum atomic E-state index is 9.00. The molecule has 0 atom stereocenters. The fraction of sp³-hybridized carbons (Fsp3) is 0.105. The number of aryl methyl sites for hydroxylation is 2. The zero-order valence-electron chi connectivity index (χ0n) is 13.8. The van der Waals surface area contributed by atoms with E-state index >= 15 is 0 Å². The first-order valence-electron chi connectivity index (χ1n) is 7.69. The van der Waals surface area contributed by atoms with Crippen molar-refractivity contribution in [2.75, 3.05) is 10.6 Å². The van der Waals surface area contributed by atoms with Crippen molar-refractivity contribution in [2.24, 2.45) is 0 Å². The lowest BCUT2D eigenvalue weighted by Gasteiger charge is -2.12. The summed E-state index contributed by atoms with van der Waals surface area (Å²) in [7, 11) is 0. The lowest BCUT2D eigenvalue weighted by molar-refractivity contribution is 1.11. The highest BCUT2D eigenvalue weighted by Gasteiger charge is 2.06. The van der Waals surface area contributed by atoms with Crippen molar-refractivity contribution in [1.82, 2.24) is 9.97 Å². The van der Waals surface area contributed by atoms with E-state index in [4.69, 9.17) is 16.9 Å². The van der Waals surface area contributed by atoms with E-state index in [0.29, 0.717) is 22.4 Å². The molecule has 0 spiro atoms. The van der Waals surface area contributed by atoms with E-state index in [1.807, 2.05) is 50.2 Å². The Kier molecular flexibility index (Phi) is 4.82. The van der Waals surface area contributed by atoms with E-state index in [0.717, 1.165) is 22.6 Å². The molecule has 1 aromatic heterocycles. The number of rotatable bonds is 4. The Labute approximate surface area is 151 Å². The van der Waals surface area contributed by atoms with Gasteiger partial charge >= 0.3 is 0 Å². The van der Waals surface area contributed by atoms with Gasteiger partial charge in [-0.15, -0.1) is 0 Å². The smallest absolute Gasteiger partial charge is 0.229 e. The minimum absolute atomic E-state index is 0.462. The molecule has 3 rings (SSSR count). The molecule has 6 heteroatoms. The van der Waals surface area contributed by atoms with Crippen LogP contribution in [0.15, 0.2) is 48.5 Å². The van der Waals surface area contributed by atoms with E-state index in [1.54, 1.807) is 12.1 Å². The predicted octanol–water partition coefficient (Wildman–Crippen LogP) is 5.11. The number of nitrogens with one attached hydrogen (secondary N) is 2. The number of aromatic nitrogens is 2. The van der Waals surface area contributed by atoms with Crippen molar-refractivity contribution >= 4 is 34.7 Å². The molecule has 0 bridgehead atoms. The molecule has 0 unspecified atom stereocenters. The highest BCUT2D eigenvalue weighted by molar-refractivity contribution is 6.30. The molecule has 5 nitrogen and oxygen atoms in total. The summed E-state index contributed by atoms with van der Waals surface area (Å²) in [5, 5.41) is 16.1. The highest BCUT2D eigenvalue weighted by atomic mass is 35.5. The van der Waals surface area contributed by atoms with Crippen molar-refractivity contribution in [3.63, 3.8) is 0 Å². The van der Waals surface area contributed by atoms with Crippen LogP contribution in [0.2, 0.25) is 5.02 Å². The van der Waals surface area contributed by atoms with Crippen LogP contribution in [-0.4, -0.2) is 9.97 Å². The minimum Gasteiger partial charge on any atom is -0.340 e. The first kappa shape index (κ1) is 16.7. The second-order valence-electron chi connectivity index (χ2n) is 5.62. The highest BCUT2D eigenvalue weighted by Crippen LogP contribution is 2.24. The number of anilines is 4. The third-order valence-electron chi connectivity index (χ3n) is 3.55. The third-order valence-corrected chi connectivity index (χ3v) is 3.79. The van der Waals surface area contributed by atoms with Gasteiger partial charge in [0.15, 0.2) is 0 Å². The monoisotopic (exact) mass is 349 g/mol. The molecular weight excluding hydrogens is 334 g/mol. The molecule has 0 saturated carbocycles. The molecule has 124 valence electrons. The molecule has 0 radical (unpaired) electrons. The number of benzene rings is 2. The SMILES string of the molecule is Cc1cc(Nc2ccc(Cl)cc2C)nc(Nc2cccc(C#N)c2)n1. The number of nitriles is 1. The Bertz CT molecular complexity index is 962. The molecule has 2 aromatic carbocycles. The van der Waals surface area contributed by atoms with Crippen LogP contribution in [0, 0.1) is 25.2 Å². The topological polar surface area (TPSA) is 73.6 Å². The summed E-state index contributed by atoms with van der Waals surface area (Å²) in [6, 6.07) is 16.8. The molecule has 25 heavy (non-hydrogen) atoms. The fourth-order valence-corrected chi connectivity index (χ4v) is 2.62. The van der Waals surface area contributed by atoms with Gasteiger partial charge in [-0.05, 0) is 55.8 Å². The number of nitrogens with zero attached hydrogens (tertiary/aromatic N) is 3. The quantitative estimate of drug-likeness (QED) is 0.685. The average molecular weight is 350 g/mol. The van der Waals surface area contributed by atoms with Crippen LogP contribution in [0.4, 0.5) is 23.1 Å². The largest absolute Gasteiger partial charge is 0.340 e. The van der Waals surface area contributed by atoms with E-state index in [2.05, 4.69) is 26.7 Å². The summed E-state index contributed by atoms with van der Waals surface area (Å²) < 4.78 is 0. The number of hydrogen-bond donors (Lipinski definition) is 2. The zero-order valence-corrected chi connectivity index (χ0v) is 14.6. The molecule has 0 amide bonds. The van der Waals surface area contributed by atoms with Crippen LogP contribution in [0.1, 0.15) is 16.8 Å². The third kappa shape index (κ3) is 4.25. The molecule has 0 saturated heterocycles. The lowest BCUT2D eigenvalue weighted by atomic mass is 10.2. The normalized spacial score (nSPS) is 10.2. The fourth-order valence-electron chi connectivity index (χ4n) is 2.39. The van der Waals surface area contributed by atoms with Crippen molar-refractivity contribution in [1.29, 1.82) is 5.26 Å². The second-order valence-corrected chi connectivity index (χ2v) is 6.06. The molecule has 2 N–H and O–H groups in total. The molecule has 0 aliphatic heterocycles. The molecule has 0 aliphatic rings. The van der Waals surface area contributed by atoms with Crippen LogP contribution < -0.4 is 10.6 Å². The first-order valence-corrected chi connectivity index (χ1v) is 8.07. The standard InChI is InChI=1S/C19H16ClN5/c1-12-8-15(20)6-7-17(12)24-18-9-13(2)22-19(25-18)23-16-5-3-4-14(10-16)11-21/h3-10H,1-2H3,(H2,22,23,24,25). The molecule has 1 heterocycles. The zero-order chi connectivity index (χ0) is 17.8. The van der Waals surface area contributed by atoms with Crippen molar-refractivity contribution in [2.45, 2.75) is 13.8 Å². The van der Waals surface area contributed by atoms with Crippen molar-refractivity contribution < 1.29 is 0 Å². The maximum Gasteiger partial charge on any atom is 0.229 e. The lowest BCUT2D eigenvalue weighted by Crippen LogP contribution is -2.03. The van der Waals surface area contributed by atoms with Crippen LogP contribution in [0.5, 0.6) is 0 Å². The van der Waals surface area contributed by atoms with Crippen LogP contribution in [-0.2, 0) is 0 Å². The van der Waals surface area contributed by atoms with E-state index < -0.39 is 0 Å². The Balaban J connectivity index is 1.86. The van der Waals surface area contributed by atoms with Crippen LogP contribution in [0.25, 0.3) is 0 Å². The van der Waals surface area contributed by atoms with Crippen molar-refractivity contribution in [3.05, 3.63) is 70.4 Å². The van der Waals surface area contributed by atoms with Crippen LogP contribution in [0.3, 0.4) is 0 Å². The van der Waals surface area contributed by atoms with Gasteiger partial charge in [0.25, 0.3) is 0 Å². The number of halogens is 1. The second kappa shape index (κ2) is 7.20. The Hall–Kier alpha value is -3.10. The Morgan fingerprint density at radius 2 is 1.84 bits per heavy atom. The summed E-state index contributed by atoms with van der Waals surface area (Å²) in [4.78, 5) is 8.89. The van der Waals surface area contributed by atoms with Crippen molar-refractivity contribution in [3.8, 4) is 6.07 Å². The minimum atomic E-state index is 0.462. The van der Waals surface area contributed by atoms with Gasteiger partial charge in [0, 0.05) is 28.2 Å². The van der Waals surface area contributed by atoms with E-state index in [1.165, 1.54) is 0 Å². The summed E-state index contributed by atoms with van der Waals surface area (Å²) in [5.74, 6) is 1.14. The summed E-state index contributed by atoms with van der Waals surface area (Å²) in [6.45, 7) is 3.88. The van der Waals surface area contributed by atoms with Gasteiger partial charge in [0.1, 0.15) is 5.82 Å². The van der Waals surface area contributed by atoms with Gasteiger partial charge in [-0.1, -0.05) is 17.7 Å². The van der Waals surface area contributed by atoms with Gasteiger partial charge in [-0.25, -0.2) is 4.98 Å². The van der Waals surface area contributed by atoms with E-state index in [9.17, 15) is 0 Å². The Morgan fingerprint density at radius 3 is 2.60 bits per heavy atom. The number of hydrogen-bond acceptors (Lipinski definition) is 5. The first-order chi connectivity index (χ1) is 12.0. The Morgan fingerprint density at radius 1 is 1.00 bits per heavy atom. The predicted molar refractivity (Wildman–Crippen MR) is 101 cm³/mol. The molecule has 0 fully saturated rings. The van der Waals surface area contributed by atoms with Gasteiger partial charge in [-0.2, -0.15) is 10.2 Å².